The molecule has 0 bridgehead atoms. The smallest absolute Gasteiger partial charge is 0.282 e. The molecule has 10 heavy (non-hydrogen) atoms. The highest BCUT2D eigenvalue weighted by molar-refractivity contribution is 7.96. The fourth-order valence-electron chi connectivity index (χ4n) is 0.399. The van der Waals surface area contributed by atoms with Crippen molar-refractivity contribution < 1.29 is 4.79 Å². The van der Waals surface area contributed by atoms with E-state index in [4.69, 9.17) is 0 Å². The van der Waals surface area contributed by atoms with Crippen LogP contribution in [0.4, 0.5) is 10.7 Å². The number of hydrogen-bond donors (Lipinski definition) is 2. The summed E-state index contributed by atoms with van der Waals surface area (Å²) in [5.74, 6) is 0.204. The molecule has 0 aliphatic rings. The highest BCUT2D eigenvalue weighted by Crippen LogP contribution is 1.93. The Morgan fingerprint density at radius 1 is 1.50 bits per heavy atom. The number of nitrogens with zero attached hydrogens (tertiary/aromatic N) is 3. The molecule has 1 rings (SSSR count). The van der Waals surface area contributed by atoms with Gasteiger partial charge in [-0.05, 0) is 0 Å². The number of rotatable bonds is 1. The van der Waals surface area contributed by atoms with Gasteiger partial charge in [0.25, 0.3) is 5.24 Å². The topological polar surface area (TPSA) is 67.8 Å². The summed E-state index contributed by atoms with van der Waals surface area (Å²) in [6, 6.07) is 0. The van der Waals surface area contributed by atoms with E-state index in [1.807, 2.05) is 0 Å². The third-order valence-corrected chi connectivity index (χ3v) is 0.824. The second-order valence-corrected chi connectivity index (χ2v) is 1.80. The Bertz CT molecular complexity index is 226. The number of nitrogens with one attached hydrogen (secondary N) is 1. The largest absolute Gasteiger partial charge is 0.285 e. The number of anilines is 1. The molecule has 1 aromatic heterocycles. The number of carbonyl (C=O) groups excluding carboxylic acids is 1. The van der Waals surface area contributed by atoms with Gasteiger partial charge in [-0.3, -0.25) is 10.1 Å². The highest BCUT2D eigenvalue weighted by Gasteiger charge is 1.94. The summed E-state index contributed by atoms with van der Waals surface area (Å²) < 4.78 is 0. The van der Waals surface area contributed by atoms with Crippen molar-refractivity contribution in [3.05, 3.63) is 12.7 Å². The lowest BCUT2D eigenvalue weighted by atomic mass is 10.9. The van der Waals surface area contributed by atoms with Gasteiger partial charge in [-0.1, -0.05) is 12.6 Å². The molecule has 0 aromatic carbocycles. The summed E-state index contributed by atoms with van der Waals surface area (Å²) in [6.07, 6.45) is 2.57. The summed E-state index contributed by atoms with van der Waals surface area (Å²) in [7, 11) is 0. The molecule has 0 saturated heterocycles. The minimum Gasteiger partial charge on any atom is -0.285 e. The standard InChI is InChI=1S/C4H4N4OS/c9-4(10)8-3-6-1-5-2-7-3/h1-2H,(H2,5,6,7,8,9,10). The van der Waals surface area contributed by atoms with E-state index in [9.17, 15) is 4.79 Å². The average Bonchev–Trinajstić information content (AvgIpc) is 1.88. The molecule has 6 heteroatoms. The fourth-order valence-corrected chi connectivity index (χ4v) is 0.499. The first kappa shape index (κ1) is 6.94. The minimum absolute atomic E-state index is 0.204. The fraction of sp³-hybridized carbons (Fsp3) is 0. The number of thiol groups is 1. The van der Waals surface area contributed by atoms with Gasteiger partial charge in [0.15, 0.2) is 0 Å². The van der Waals surface area contributed by atoms with Crippen LogP contribution in [0.5, 0.6) is 0 Å². The van der Waals surface area contributed by atoms with Crippen LogP contribution in [0, 0.1) is 0 Å². The van der Waals surface area contributed by atoms with Crippen LogP contribution in [0.1, 0.15) is 0 Å². The summed E-state index contributed by atoms with van der Waals surface area (Å²) >= 11 is 3.46. The second-order valence-electron chi connectivity index (χ2n) is 1.39. The number of hydrogen-bond acceptors (Lipinski definition) is 4. The van der Waals surface area contributed by atoms with Gasteiger partial charge in [0.05, 0.1) is 0 Å². The van der Waals surface area contributed by atoms with E-state index in [-0.39, 0.29) is 5.95 Å². The monoisotopic (exact) mass is 156 g/mol. The van der Waals surface area contributed by atoms with E-state index in [0.717, 1.165) is 0 Å². The van der Waals surface area contributed by atoms with Crippen LogP contribution in [0.2, 0.25) is 0 Å². The molecule has 1 aromatic rings. The third-order valence-electron chi connectivity index (χ3n) is 0.712. The Morgan fingerprint density at radius 3 is 2.60 bits per heavy atom. The van der Waals surface area contributed by atoms with Gasteiger partial charge < -0.3 is 0 Å². The van der Waals surface area contributed by atoms with Crippen molar-refractivity contribution in [3.8, 4) is 0 Å². The quantitative estimate of drug-likeness (QED) is 0.575. The van der Waals surface area contributed by atoms with Crippen molar-refractivity contribution in [3.63, 3.8) is 0 Å². The third kappa shape index (κ3) is 1.98. The van der Waals surface area contributed by atoms with Gasteiger partial charge in [0.1, 0.15) is 12.7 Å². The van der Waals surface area contributed by atoms with Crippen LogP contribution < -0.4 is 5.32 Å². The Balaban J connectivity index is 2.67. The Morgan fingerprint density at radius 2 is 2.10 bits per heavy atom. The van der Waals surface area contributed by atoms with Gasteiger partial charge in [0, 0.05) is 0 Å². The maximum Gasteiger partial charge on any atom is 0.282 e. The molecule has 0 aliphatic carbocycles. The van der Waals surface area contributed by atoms with Crippen LogP contribution in [0.25, 0.3) is 0 Å². The minimum atomic E-state index is -0.494. The van der Waals surface area contributed by atoms with Crippen LogP contribution in [0.3, 0.4) is 0 Å². The van der Waals surface area contributed by atoms with Crippen LogP contribution >= 0.6 is 12.6 Å². The van der Waals surface area contributed by atoms with Crippen molar-refractivity contribution in [2.45, 2.75) is 0 Å². The van der Waals surface area contributed by atoms with E-state index in [0.29, 0.717) is 0 Å². The molecule has 0 aliphatic heterocycles. The van der Waals surface area contributed by atoms with Gasteiger partial charge in [0.2, 0.25) is 5.95 Å². The van der Waals surface area contributed by atoms with Crippen LogP contribution in [0.15, 0.2) is 12.7 Å². The first-order valence-electron chi connectivity index (χ1n) is 2.41. The van der Waals surface area contributed by atoms with Crippen molar-refractivity contribution in [1.82, 2.24) is 15.0 Å². The molecule has 5 nitrogen and oxygen atoms in total. The molecule has 1 N–H and O–H groups in total. The zero-order valence-electron chi connectivity index (χ0n) is 4.85. The molecular formula is C4H4N4OS. The predicted octanol–water partition coefficient (Wildman–Crippen LogP) is 0.333. The van der Waals surface area contributed by atoms with Crippen LogP contribution in [-0.2, 0) is 0 Å². The van der Waals surface area contributed by atoms with Crippen molar-refractivity contribution >= 4 is 23.8 Å². The lowest BCUT2D eigenvalue weighted by Gasteiger charge is -1.94. The van der Waals surface area contributed by atoms with Gasteiger partial charge in [-0.25, -0.2) is 15.0 Å². The average molecular weight is 156 g/mol. The summed E-state index contributed by atoms with van der Waals surface area (Å²) in [6.45, 7) is 0. The van der Waals surface area contributed by atoms with E-state index < -0.39 is 5.24 Å². The molecule has 1 amide bonds. The molecule has 0 spiro atoms. The summed E-state index contributed by atoms with van der Waals surface area (Å²) in [4.78, 5) is 21.1. The zero-order chi connectivity index (χ0) is 7.40. The number of aromatic nitrogens is 3. The Hall–Kier alpha value is -1.17. The predicted molar refractivity (Wildman–Crippen MR) is 37.8 cm³/mol. The van der Waals surface area contributed by atoms with Crippen molar-refractivity contribution in [2.24, 2.45) is 0 Å². The zero-order valence-corrected chi connectivity index (χ0v) is 5.75. The Kier molecular flexibility index (Phi) is 2.16. The molecule has 52 valence electrons. The van der Waals surface area contributed by atoms with E-state index >= 15 is 0 Å². The normalized spacial score (nSPS) is 8.90. The summed E-state index contributed by atoms with van der Waals surface area (Å²) in [5, 5.41) is 1.77. The first-order valence-corrected chi connectivity index (χ1v) is 2.85. The first-order chi connectivity index (χ1) is 4.79. The van der Waals surface area contributed by atoms with Gasteiger partial charge >= 0.3 is 0 Å². The lowest BCUT2D eigenvalue weighted by Crippen LogP contribution is -2.04. The molecule has 1 heterocycles. The molecule has 0 radical (unpaired) electrons. The lowest BCUT2D eigenvalue weighted by molar-refractivity contribution is 0.270. The van der Waals surface area contributed by atoms with Gasteiger partial charge in [-0.15, -0.1) is 0 Å². The molecular weight excluding hydrogens is 152 g/mol. The molecule has 0 saturated carbocycles. The highest BCUT2D eigenvalue weighted by atomic mass is 32.1. The van der Waals surface area contributed by atoms with Crippen molar-refractivity contribution in [1.29, 1.82) is 0 Å². The molecule has 0 fully saturated rings. The maximum absolute atomic E-state index is 10.3. The molecule has 0 atom stereocenters. The van der Waals surface area contributed by atoms with Crippen LogP contribution in [-0.4, -0.2) is 20.2 Å². The van der Waals surface area contributed by atoms with Crippen molar-refractivity contribution in [2.75, 3.05) is 5.32 Å². The van der Waals surface area contributed by atoms with E-state index in [1.165, 1.54) is 12.7 Å². The number of amides is 1. The van der Waals surface area contributed by atoms with Gasteiger partial charge in [-0.2, -0.15) is 0 Å². The summed E-state index contributed by atoms with van der Waals surface area (Å²) in [5.41, 5.74) is 0. The van der Waals surface area contributed by atoms with E-state index in [1.54, 1.807) is 0 Å². The number of carbonyl (C=O) groups is 1. The maximum atomic E-state index is 10.3. The second kappa shape index (κ2) is 3.11. The SMILES string of the molecule is O=C(S)Nc1ncncn1. The molecule has 0 unspecified atom stereocenters. The van der Waals surface area contributed by atoms with E-state index in [2.05, 4.69) is 32.9 Å². The Labute approximate surface area is 62.3 Å².